The zero-order chi connectivity index (χ0) is 14.1. The van der Waals surface area contributed by atoms with Crippen molar-refractivity contribution in [1.82, 2.24) is 5.32 Å². The van der Waals surface area contributed by atoms with Gasteiger partial charge in [-0.15, -0.1) is 0 Å². The highest BCUT2D eigenvalue weighted by Crippen LogP contribution is 2.10. The van der Waals surface area contributed by atoms with Crippen LogP contribution in [0.5, 0.6) is 0 Å². The molecule has 0 bridgehead atoms. The van der Waals surface area contributed by atoms with Gasteiger partial charge in [-0.3, -0.25) is 4.79 Å². The molecule has 0 aliphatic carbocycles. The summed E-state index contributed by atoms with van der Waals surface area (Å²) in [5.41, 5.74) is 1.20. The van der Waals surface area contributed by atoms with Gasteiger partial charge in [-0.25, -0.2) is 0 Å². The lowest BCUT2D eigenvalue weighted by atomic mass is 10.1. The van der Waals surface area contributed by atoms with Crippen molar-refractivity contribution in [2.24, 2.45) is 0 Å². The van der Waals surface area contributed by atoms with Crippen LogP contribution < -0.4 is 5.32 Å². The number of carboxylic acids is 1. The fourth-order valence-electron chi connectivity index (χ4n) is 1.40. The van der Waals surface area contributed by atoms with Crippen LogP contribution in [0.1, 0.15) is 18.4 Å². The lowest BCUT2D eigenvalue weighted by Gasteiger charge is -2.07. The van der Waals surface area contributed by atoms with Crippen LogP contribution in [0, 0.1) is 0 Å². The van der Waals surface area contributed by atoms with Crippen LogP contribution in [0.15, 0.2) is 24.3 Å². The Balaban J connectivity index is 2.10. The van der Waals surface area contributed by atoms with E-state index in [1.807, 2.05) is 24.3 Å². The van der Waals surface area contributed by atoms with E-state index in [2.05, 4.69) is 5.32 Å². The fraction of sp³-hybridized carbons (Fsp3) is 0.385. The quantitative estimate of drug-likeness (QED) is 0.596. The van der Waals surface area contributed by atoms with Crippen LogP contribution in [0.25, 0.3) is 0 Å². The molecule has 0 heterocycles. The highest BCUT2D eigenvalue weighted by atomic mass is 35.5. The Bertz CT molecular complexity index is 423. The minimum atomic E-state index is -0.762. The van der Waals surface area contributed by atoms with Crippen molar-refractivity contribution in [1.29, 1.82) is 0 Å². The molecule has 0 saturated heterocycles. The zero-order valence-corrected chi connectivity index (χ0v) is 12.8. The maximum atomic E-state index is 10.3. The summed E-state index contributed by atoms with van der Waals surface area (Å²) in [6.07, 6.45) is 1.71. The Hall–Kier alpha value is -0.780. The van der Waals surface area contributed by atoms with Crippen molar-refractivity contribution >= 4 is 45.9 Å². The molecule has 3 nitrogen and oxygen atoms in total. The van der Waals surface area contributed by atoms with E-state index in [0.717, 1.165) is 28.1 Å². The molecule has 0 aromatic heterocycles. The number of thioether (sulfide) groups is 1. The van der Waals surface area contributed by atoms with Gasteiger partial charge in [-0.2, -0.15) is 0 Å². The first-order valence-corrected chi connectivity index (χ1v) is 7.72. The third-order valence-electron chi connectivity index (χ3n) is 2.36. The highest BCUT2D eigenvalue weighted by molar-refractivity contribution is 8.22. The normalized spacial score (nSPS) is 10.2. The van der Waals surface area contributed by atoms with Crippen LogP contribution in [-0.4, -0.2) is 27.7 Å². The van der Waals surface area contributed by atoms with Crippen molar-refractivity contribution < 1.29 is 9.90 Å². The summed E-state index contributed by atoms with van der Waals surface area (Å²) in [6, 6.07) is 7.73. The number of carbonyl (C=O) groups is 1. The first-order chi connectivity index (χ1) is 9.08. The summed E-state index contributed by atoms with van der Waals surface area (Å²) < 4.78 is 0.722. The number of hydrogen-bond donors (Lipinski definition) is 2. The minimum Gasteiger partial charge on any atom is -0.481 e. The van der Waals surface area contributed by atoms with E-state index < -0.39 is 5.97 Å². The summed E-state index contributed by atoms with van der Waals surface area (Å²) in [5, 5.41) is 12.4. The SMILES string of the molecule is O=C(O)CCCSC(=S)NCCc1ccc(Cl)cc1. The molecule has 0 amide bonds. The largest absolute Gasteiger partial charge is 0.481 e. The van der Waals surface area contributed by atoms with Gasteiger partial charge in [0.15, 0.2) is 0 Å². The predicted molar refractivity (Wildman–Crippen MR) is 85.1 cm³/mol. The topological polar surface area (TPSA) is 49.3 Å². The van der Waals surface area contributed by atoms with E-state index in [9.17, 15) is 4.79 Å². The molecule has 0 fully saturated rings. The maximum absolute atomic E-state index is 10.3. The van der Waals surface area contributed by atoms with E-state index in [4.69, 9.17) is 28.9 Å². The third kappa shape index (κ3) is 8.08. The number of rotatable bonds is 7. The van der Waals surface area contributed by atoms with E-state index >= 15 is 0 Å². The molecule has 2 N–H and O–H groups in total. The van der Waals surface area contributed by atoms with Crippen LogP contribution in [-0.2, 0) is 11.2 Å². The highest BCUT2D eigenvalue weighted by Gasteiger charge is 2.00. The summed E-state index contributed by atoms with van der Waals surface area (Å²) in [4.78, 5) is 10.3. The number of hydrogen-bond acceptors (Lipinski definition) is 3. The predicted octanol–water partition coefficient (Wildman–Crippen LogP) is 3.36. The Labute approximate surface area is 127 Å². The van der Waals surface area contributed by atoms with Crippen molar-refractivity contribution in [2.45, 2.75) is 19.3 Å². The Morgan fingerprint density at radius 2 is 2.05 bits per heavy atom. The number of thiocarbonyl (C=S) groups is 1. The second-order valence-electron chi connectivity index (χ2n) is 3.94. The lowest BCUT2D eigenvalue weighted by Crippen LogP contribution is -2.21. The van der Waals surface area contributed by atoms with E-state index in [0.29, 0.717) is 6.42 Å². The van der Waals surface area contributed by atoms with E-state index in [1.54, 1.807) is 0 Å². The third-order valence-corrected chi connectivity index (χ3v) is 4.01. The summed E-state index contributed by atoms with van der Waals surface area (Å²) >= 11 is 12.5. The monoisotopic (exact) mass is 317 g/mol. The maximum Gasteiger partial charge on any atom is 0.303 e. The summed E-state index contributed by atoms with van der Waals surface area (Å²) in [7, 11) is 0. The second-order valence-corrected chi connectivity index (χ2v) is 6.14. The first kappa shape index (κ1) is 16.3. The molecule has 0 atom stereocenters. The van der Waals surface area contributed by atoms with Crippen molar-refractivity contribution in [3.8, 4) is 0 Å². The molecular weight excluding hydrogens is 302 g/mol. The van der Waals surface area contributed by atoms with Gasteiger partial charge in [-0.1, -0.05) is 47.7 Å². The number of carboxylic acid groups (broad SMARTS) is 1. The second kappa shape index (κ2) is 9.18. The van der Waals surface area contributed by atoms with Gasteiger partial charge in [-0.05, 0) is 30.5 Å². The van der Waals surface area contributed by atoms with Gasteiger partial charge in [0.05, 0.1) is 0 Å². The fourth-order valence-corrected chi connectivity index (χ4v) is 2.56. The van der Waals surface area contributed by atoms with E-state index in [-0.39, 0.29) is 6.42 Å². The molecule has 104 valence electrons. The summed E-state index contributed by atoms with van der Waals surface area (Å²) in [5.74, 6) is -0.0266. The average Bonchev–Trinajstić information content (AvgIpc) is 2.37. The van der Waals surface area contributed by atoms with Crippen molar-refractivity contribution in [3.63, 3.8) is 0 Å². The molecule has 0 aliphatic heterocycles. The number of halogens is 1. The molecule has 1 rings (SSSR count). The molecule has 6 heteroatoms. The van der Waals surface area contributed by atoms with Gasteiger partial charge in [0.25, 0.3) is 0 Å². The molecule has 1 aromatic rings. The molecule has 0 unspecified atom stereocenters. The summed E-state index contributed by atoms with van der Waals surface area (Å²) in [6.45, 7) is 0.770. The first-order valence-electron chi connectivity index (χ1n) is 5.95. The van der Waals surface area contributed by atoms with Crippen LogP contribution in [0.2, 0.25) is 5.02 Å². The van der Waals surface area contributed by atoms with E-state index in [1.165, 1.54) is 17.3 Å². The number of aliphatic carboxylic acids is 1. The van der Waals surface area contributed by atoms with Gasteiger partial charge in [0, 0.05) is 23.7 Å². The number of benzene rings is 1. The Morgan fingerprint density at radius 1 is 1.37 bits per heavy atom. The minimum absolute atomic E-state index is 0.195. The van der Waals surface area contributed by atoms with Gasteiger partial charge < -0.3 is 10.4 Å². The van der Waals surface area contributed by atoms with Crippen molar-refractivity contribution in [3.05, 3.63) is 34.9 Å². The Kier molecular flexibility index (Phi) is 7.86. The van der Waals surface area contributed by atoms with Crippen LogP contribution in [0.4, 0.5) is 0 Å². The smallest absolute Gasteiger partial charge is 0.303 e. The molecule has 0 saturated carbocycles. The van der Waals surface area contributed by atoms with Gasteiger partial charge in [0.1, 0.15) is 4.32 Å². The molecule has 1 aromatic carbocycles. The van der Waals surface area contributed by atoms with Crippen LogP contribution >= 0.6 is 35.6 Å². The van der Waals surface area contributed by atoms with Gasteiger partial charge >= 0.3 is 5.97 Å². The average molecular weight is 318 g/mol. The standard InChI is InChI=1S/C13H16ClNO2S2/c14-11-5-3-10(4-6-11)7-8-15-13(18)19-9-1-2-12(16)17/h3-6H,1-2,7-9H2,(H,15,18)(H,16,17). The number of nitrogens with one attached hydrogen (secondary N) is 1. The molecule has 0 aliphatic rings. The molecule has 0 spiro atoms. The van der Waals surface area contributed by atoms with Crippen LogP contribution in [0.3, 0.4) is 0 Å². The molecule has 0 radical (unpaired) electrons. The lowest BCUT2D eigenvalue weighted by molar-refractivity contribution is -0.137. The molecule has 19 heavy (non-hydrogen) atoms. The molecular formula is C13H16ClNO2S2. The Morgan fingerprint density at radius 3 is 2.68 bits per heavy atom. The van der Waals surface area contributed by atoms with Crippen molar-refractivity contribution in [2.75, 3.05) is 12.3 Å². The zero-order valence-electron chi connectivity index (χ0n) is 10.4. The van der Waals surface area contributed by atoms with Gasteiger partial charge in [0.2, 0.25) is 0 Å².